The van der Waals surface area contributed by atoms with Gasteiger partial charge in [-0.15, -0.1) is 0 Å². The van der Waals surface area contributed by atoms with Crippen LogP contribution in [0.5, 0.6) is 5.75 Å². The molecule has 0 aliphatic carbocycles. The highest BCUT2D eigenvalue weighted by atomic mass is 16.5. The number of carbonyl (C=O) groups excluding carboxylic acids is 3. The van der Waals surface area contributed by atoms with Crippen LogP contribution in [-0.2, 0) is 9.53 Å². The number of para-hydroxylation sites is 2. The zero-order valence-electron chi connectivity index (χ0n) is 13.4. The van der Waals surface area contributed by atoms with E-state index in [0.29, 0.717) is 17.0 Å². The maximum atomic E-state index is 12.1. The first-order chi connectivity index (χ1) is 11.5. The van der Waals surface area contributed by atoms with Gasteiger partial charge in [-0.2, -0.15) is 0 Å². The fourth-order valence-corrected chi connectivity index (χ4v) is 2.09. The Morgan fingerprint density at radius 3 is 2.25 bits per heavy atom. The first-order valence-electron chi connectivity index (χ1n) is 7.23. The van der Waals surface area contributed by atoms with Crippen molar-refractivity contribution in [2.75, 3.05) is 19.0 Å². The van der Waals surface area contributed by atoms with Gasteiger partial charge in [0.25, 0.3) is 5.91 Å². The van der Waals surface area contributed by atoms with Crippen LogP contribution in [0.1, 0.15) is 27.6 Å². The Bertz CT molecular complexity index is 770. The van der Waals surface area contributed by atoms with Gasteiger partial charge in [0.05, 0.1) is 23.9 Å². The number of ketones is 1. The van der Waals surface area contributed by atoms with Crippen molar-refractivity contribution in [1.29, 1.82) is 0 Å². The Balaban J connectivity index is 2.05. The first-order valence-corrected chi connectivity index (χ1v) is 7.23. The van der Waals surface area contributed by atoms with Crippen molar-refractivity contribution in [2.45, 2.75) is 6.92 Å². The minimum atomic E-state index is -0.547. The Morgan fingerprint density at radius 2 is 1.58 bits per heavy atom. The lowest BCUT2D eigenvalue weighted by Gasteiger charge is -2.11. The summed E-state index contributed by atoms with van der Waals surface area (Å²) in [5.41, 5.74) is 0.982. The third kappa shape index (κ3) is 4.19. The summed E-state index contributed by atoms with van der Waals surface area (Å²) >= 11 is 0. The normalized spacial score (nSPS) is 9.92. The molecule has 0 aromatic heterocycles. The molecule has 6 heteroatoms. The predicted octanol–water partition coefficient (Wildman–Crippen LogP) is 2.69. The van der Waals surface area contributed by atoms with Crippen molar-refractivity contribution in [3.8, 4) is 5.75 Å². The molecule has 124 valence electrons. The second-order valence-corrected chi connectivity index (χ2v) is 4.93. The Morgan fingerprint density at radius 1 is 0.958 bits per heavy atom. The number of hydrogen-bond donors (Lipinski definition) is 1. The monoisotopic (exact) mass is 327 g/mol. The third-order valence-electron chi connectivity index (χ3n) is 3.23. The van der Waals surface area contributed by atoms with Gasteiger partial charge in [0.1, 0.15) is 5.75 Å². The van der Waals surface area contributed by atoms with Gasteiger partial charge in [-0.3, -0.25) is 9.59 Å². The smallest absolute Gasteiger partial charge is 0.339 e. The number of methoxy groups -OCH3 is 1. The van der Waals surface area contributed by atoms with E-state index in [4.69, 9.17) is 4.74 Å². The molecule has 0 heterocycles. The molecule has 0 bridgehead atoms. The second kappa shape index (κ2) is 7.92. The molecule has 0 atom stereocenters. The molecule has 0 fully saturated rings. The van der Waals surface area contributed by atoms with E-state index in [1.165, 1.54) is 14.0 Å². The van der Waals surface area contributed by atoms with Crippen LogP contribution in [0.3, 0.4) is 0 Å². The van der Waals surface area contributed by atoms with Gasteiger partial charge in [-0.05, 0) is 31.2 Å². The number of hydrogen-bond acceptors (Lipinski definition) is 5. The van der Waals surface area contributed by atoms with Crippen molar-refractivity contribution in [3.63, 3.8) is 0 Å². The number of Topliss-reactive ketones (excluding diaryl/α,β-unsaturated/α-hetero) is 1. The molecule has 2 aromatic carbocycles. The van der Waals surface area contributed by atoms with Crippen LogP contribution in [0.15, 0.2) is 48.5 Å². The molecule has 2 rings (SSSR count). The summed E-state index contributed by atoms with van der Waals surface area (Å²) in [5.74, 6) is -0.818. The van der Waals surface area contributed by atoms with Crippen molar-refractivity contribution < 1.29 is 23.9 Å². The van der Waals surface area contributed by atoms with Crippen molar-refractivity contribution >= 4 is 23.3 Å². The van der Waals surface area contributed by atoms with E-state index in [1.807, 2.05) is 0 Å². The fraction of sp³-hybridized carbons (Fsp3) is 0.167. The van der Waals surface area contributed by atoms with E-state index in [1.54, 1.807) is 48.5 Å². The molecule has 2 aromatic rings. The first kappa shape index (κ1) is 17.2. The van der Waals surface area contributed by atoms with Gasteiger partial charge in [-0.1, -0.05) is 24.3 Å². The van der Waals surface area contributed by atoms with Gasteiger partial charge in [0.15, 0.2) is 12.4 Å². The van der Waals surface area contributed by atoms with Gasteiger partial charge < -0.3 is 14.8 Å². The van der Waals surface area contributed by atoms with E-state index in [0.717, 1.165) is 0 Å². The standard InChI is InChI=1S/C18H17NO5/c1-12(20)13-7-4-6-10-16(13)24-11-17(21)19-15-9-5-3-8-14(15)18(22)23-2/h3-10H,11H2,1-2H3,(H,19,21). The van der Waals surface area contributed by atoms with Crippen LogP contribution in [0.4, 0.5) is 5.69 Å². The lowest BCUT2D eigenvalue weighted by molar-refractivity contribution is -0.118. The summed E-state index contributed by atoms with van der Waals surface area (Å²) in [6, 6.07) is 13.2. The zero-order valence-corrected chi connectivity index (χ0v) is 13.4. The highest BCUT2D eigenvalue weighted by molar-refractivity contribution is 6.01. The third-order valence-corrected chi connectivity index (χ3v) is 3.23. The zero-order chi connectivity index (χ0) is 17.5. The maximum absolute atomic E-state index is 12.1. The minimum absolute atomic E-state index is 0.151. The largest absolute Gasteiger partial charge is 0.483 e. The summed E-state index contributed by atoms with van der Waals surface area (Å²) in [4.78, 5) is 35.3. The predicted molar refractivity (Wildman–Crippen MR) is 88.4 cm³/mol. The summed E-state index contributed by atoms with van der Waals surface area (Å²) in [6.45, 7) is 1.13. The van der Waals surface area contributed by atoms with Gasteiger partial charge in [0, 0.05) is 0 Å². The SMILES string of the molecule is COC(=O)c1ccccc1NC(=O)COc1ccccc1C(C)=O. The van der Waals surface area contributed by atoms with E-state index in [2.05, 4.69) is 10.1 Å². The fourth-order valence-electron chi connectivity index (χ4n) is 2.09. The molecular weight excluding hydrogens is 310 g/mol. The number of benzene rings is 2. The molecular formula is C18H17NO5. The Kier molecular flexibility index (Phi) is 5.68. The van der Waals surface area contributed by atoms with E-state index in [-0.39, 0.29) is 18.0 Å². The molecule has 0 spiro atoms. The molecule has 0 aliphatic heterocycles. The number of amides is 1. The molecule has 1 N–H and O–H groups in total. The van der Waals surface area contributed by atoms with Crippen LogP contribution in [0, 0.1) is 0 Å². The number of rotatable bonds is 6. The topological polar surface area (TPSA) is 81.7 Å². The summed E-state index contributed by atoms with van der Waals surface area (Å²) in [6.07, 6.45) is 0. The second-order valence-electron chi connectivity index (χ2n) is 4.93. The van der Waals surface area contributed by atoms with Gasteiger partial charge in [0.2, 0.25) is 0 Å². The van der Waals surface area contributed by atoms with Crippen LogP contribution in [-0.4, -0.2) is 31.4 Å². The molecule has 24 heavy (non-hydrogen) atoms. The lowest BCUT2D eigenvalue weighted by atomic mass is 10.1. The average molecular weight is 327 g/mol. The lowest BCUT2D eigenvalue weighted by Crippen LogP contribution is -2.22. The maximum Gasteiger partial charge on any atom is 0.339 e. The van der Waals surface area contributed by atoms with Crippen molar-refractivity contribution in [2.24, 2.45) is 0 Å². The van der Waals surface area contributed by atoms with Crippen LogP contribution in [0.2, 0.25) is 0 Å². The number of esters is 1. The molecule has 0 unspecified atom stereocenters. The molecule has 1 amide bonds. The highest BCUT2D eigenvalue weighted by Crippen LogP contribution is 2.19. The van der Waals surface area contributed by atoms with Gasteiger partial charge >= 0.3 is 5.97 Å². The van der Waals surface area contributed by atoms with Crippen molar-refractivity contribution in [3.05, 3.63) is 59.7 Å². The number of ether oxygens (including phenoxy) is 2. The molecule has 0 saturated heterocycles. The summed E-state index contributed by atoms with van der Waals surface area (Å²) in [5, 5.41) is 2.59. The van der Waals surface area contributed by atoms with Crippen LogP contribution in [0.25, 0.3) is 0 Å². The molecule has 0 saturated carbocycles. The van der Waals surface area contributed by atoms with Gasteiger partial charge in [-0.25, -0.2) is 4.79 Å². The molecule has 0 aliphatic rings. The molecule has 0 radical (unpaired) electrons. The number of anilines is 1. The highest BCUT2D eigenvalue weighted by Gasteiger charge is 2.14. The molecule has 6 nitrogen and oxygen atoms in total. The average Bonchev–Trinajstić information content (AvgIpc) is 2.60. The van der Waals surface area contributed by atoms with E-state index >= 15 is 0 Å². The van der Waals surface area contributed by atoms with E-state index < -0.39 is 11.9 Å². The summed E-state index contributed by atoms with van der Waals surface area (Å²) in [7, 11) is 1.27. The Hall–Kier alpha value is -3.15. The van der Waals surface area contributed by atoms with Crippen molar-refractivity contribution in [1.82, 2.24) is 0 Å². The summed E-state index contributed by atoms with van der Waals surface area (Å²) < 4.78 is 10.1. The number of carbonyl (C=O) groups is 3. The van der Waals surface area contributed by atoms with Crippen LogP contribution >= 0.6 is 0 Å². The Labute approximate surface area is 139 Å². The minimum Gasteiger partial charge on any atom is -0.483 e. The quantitative estimate of drug-likeness (QED) is 0.651. The van der Waals surface area contributed by atoms with Crippen LogP contribution < -0.4 is 10.1 Å². The number of nitrogens with one attached hydrogen (secondary N) is 1. The van der Waals surface area contributed by atoms with E-state index in [9.17, 15) is 14.4 Å².